The Hall–Kier alpha value is -1.35. The first-order valence-electron chi connectivity index (χ1n) is 6.11. The summed E-state index contributed by atoms with van der Waals surface area (Å²) in [7, 11) is 0. The first-order valence-corrected chi connectivity index (χ1v) is 6.11. The van der Waals surface area contributed by atoms with Gasteiger partial charge in [0.05, 0.1) is 12.2 Å². The van der Waals surface area contributed by atoms with Gasteiger partial charge in [-0.2, -0.15) is 0 Å². The van der Waals surface area contributed by atoms with Gasteiger partial charge in [-0.1, -0.05) is 12.5 Å². The number of hydrogen-bond acceptors (Lipinski definition) is 3. The summed E-state index contributed by atoms with van der Waals surface area (Å²) in [6.45, 7) is 1.96. The van der Waals surface area contributed by atoms with E-state index in [9.17, 15) is 4.79 Å². The number of aryl methyl sites for hydroxylation is 1. The lowest BCUT2D eigenvalue weighted by Gasteiger charge is -2.27. The number of aliphatic hydroxyl groups is 1. The highest BCUT2D eigenvalue weighted by atomic mass is 16.5. The molecule has 0 aliphatic heterocycles. The Morgan fingerprint density at radius 1 is 1.47 bits per heavy atom. The van der Waals surface area contributed by atoms with Crippen LogP contribution in [0.15, 0.2) is 18.2 Å². The van der Waals surface area contributed by atoms with E-state index < -0.39 is 0 Å². The van der Waals surface area contributed by atoms with Crippen molar-refractivity contribution >= 4 is 5.97 Å². The van der Waals surface area contributed by atoms with E-state index in [1.54, 1.807) is 0 Å². The lowest BCUT2D eigenvalue weighted by Crippen LogP contribution is -2.12. The van der Waals surface area contributed by atoms with E-state index in [0.717, 1.165) is 5.56 Å². The monoisotopic (exact) mass is 234 g/mol. The molecule has 0 spiro atoms. The third-order valence-electron chi connectivity index (χ3n) is 3.37. The van der Waals surface area contributed by atoms with Crippen molar-refractivity contribution in [1.29, 1.82) is 0 Å². The van der Waals surface area contributed by atoms with Gasteiger partial charge in [-0.05, 0) is 48.9 Å². The summed E-state index contributed by atoms with van der Waals surface area (Å²) in [6.07, 6.45) is 3.83. The maximum absolute atomic E-state index is 11.6. The zero-order valence-corrected chi connectivity index (χ0v) is 10.1. The number of ether oxygens (including phenoxy) is 1. The summed E-state index contributed by atoms with van der Waals surface area (Å²) in [4.78, 5) is 11.6. The highest BCUT2D eigenvalue weighted by molar-refractivity contribution is 5.89. The molecule has 17 heavy (non-hydrogen) atoms. The van der Waals surface area contributed by atoms with Crippen LogP contribution in [0.3, 0.4) is 0 Å². The van der Waals surface area contributed by atoms with E-state index in [1.807, 2.05) is 25.1 Å². The normalized spacial score (nSPS) is 15.4. The van der Waals surface area contributed by atoms with Gasteiger partial charge in [-0.3, -0.25) is 0 Å². The highest BCUT2D eigenvalue weighted by Gasteiger charge is 2.21. The molecule has 0 radical (unpaired) electrons. The molecule has 0 saturated heterocycles. The van der Waals surface area contributed by atoms with Crippen molar-refractivity contribution in [1.82, 2.24) is 0 Å². The average Bonchev–Trinajstić information content (AvgIpc) is 2.26. The Balaban J connectivity index is 2.09. The molecule has 2 rings (SSSR count). The molecular weight excluding hydrogens is 216 g/mol. The number of carbonyl (C=O) groups is 1. The summed E-state index contributed by atoms with van der Waals surface area (Å²) in [6, 6.07) is 5.74. The van der Waals surface area contributed by atoms with Gasteiger partial charge in [0.15, 0.2) is 0 Å². The maximum Gasteiger partial charge on any atom is 0.338 e. The largest absolute Gasteiger partial charge is 0.460 e. The molecular formula is C14H18O3. The number of esters is 1. The van der Waals surface area contributed by atoms with Crippen LogP contribution in [0.25, 0.3) is 0 Å². The second-order valence-electron chi connectivity index (χ2n) is 4.56. The minimum absolute atomic E-state index is 0.0578. The summed E-state index contributed by atoms with van der Waals surface area (Å²) in [5.74, 6) is 0.319. The standard InChI is InChI=1S/C14H18O3/c1-10-9-12(14(16)17-8-7-15)5-6-13(10)11-3-2-4-11/h5-6,9,11,15H,2-4,7-8H2,1H3. The summed E-state index contributed by atoms with van der Waals surface area (Å²) < 4.78 is 4.88. The molecule has 92 valence electrons. The van der Waals surface area contributed by atoms with Crippen LogP contribution < -0.4 is 0 Å². The van der Waals surface area contributed by atoms with Crippen molar-refractivity contribution in [3.63, 3.8) is 0 Å². The molecule has 1 aromatic carbocycles. The molecule has 1 fully saturated rings. The first-order chi connectivity index (χ1) is 8.22. The van der Waals surface area contributed by atoms with Crippen LogP contribution in [0.4, 0.5) is 0 Å². The molecule has 3 nitrogen and oxygen atoms in total. The molecule has 1 aliphatic rings. The molecule has 1 N–H and O–H groups in total. The lowest BCUT2D eigenvalue weighted by molar-refractivity contribution is 0.0433. The van der Waals surface area contributed by atoms with Gasteiger partial charge >= 0.3 is 5.97 Å². The molecule has 0 bridgehead atoms. The van der Waals surface area contributed by atoms with E-state index in [-0.39, 0.29) is 19.2 Å². The summed E-state index contributed by atoms with van der Waals surface area (Å²) in [5, 5.41) is 8.60. The van der Waals surface area contributed by atoms with Crippen molar-refractivity contribution < 1.29 is 14.6 Å². The molecule has 3 heteroatoms. The number of carbonyl (C=O) groups excluding carboxylic acids is 1. The summed E-state index contributed by atoms with van der Waals surface area (Å²) >= 11 is 0. The summed E-state index contributed by atoms with van der Waals surface area (Å²) in [5.41, 5.74) is 3.09. The quantitative estimate of drug-likeness (QED) is 0.814. The minimum atomic E-state index is -0.359. The van der Waals surface area contributed by atoms with Gasteiger partial charge in [0.1, 0.15) is 6.61 Å². The van der Waals surface area contributed by atoms with Crippen molar-refractivity contribution in [2.24, 2.45) is 0 Å². The average molecular weight is 234 g/mol. The molecule has 0 heterocycles. The second-order valence-corrected chi connectivity index (χ2v) is 4.56. The van der Waals surface area contributed by atoms with Crippen molar-refractivity contribution in [2.75, 3.05) is 13.2 Å². The Kier molecular flexibility index (Phi) is 3.79. The molecule has 1 aliphatic carbocycles. The highest BCUT2D eigenvalue weighted by Crippen LogP contribution is 2.37. The third-order valence-corrected chi connectivity index (χ3v) is 3.37. The topological polar surface area (TPSA) is 46.5 Å². The predicted molar refractivity (Wildman–Crippen MR) is 65.1 cm³/mol. The molecule has 1 saturated carbocycles. The maximum atomic E-state index is 11.6. The number of benzene rings is 1. The Morgan fingerprint density at radius 3 is 2.76 bits per heavy atom. The van der Waals surface area contributed by atoms with Crippen molar-refractivity contribution in [3.8, 4) is 0 Å². The van der Waals surface area contributed by atoms with Crippen LogP contribution in [0.1, 0.15) is 46.7 Å². The van der Waals surface area contributed by atoms with Crippen molar-refractivity contribution in [3.05, 3.63) is 34.9 Å². The fraction of sp³-hybridized carbons (Fsp3) is 0.500. The van der Waals surface area contributed by atoms with Gasteiger partial charge in [0.25, 0.3) is 0 Å². The van der Waals surface area contributed by atoms with Gasteiger partial charge in [-0.15, -0.1) is 0 Å². The van der Waals surface area contributed by atoms with E-state index in [4.69, 9.17) is 9.84 Å². The zero-order chi connectivity index (χ0) is 12.3. The molecule has 0 unspecified atom stereocenters. The van der Waals surface area contributed by atoms with Crippen LogP contribution in [-0.4, -0.2) is 24.3 Å². The van der Waals surface area contributed by atoms with E-state index in [0.29, 0.717) is 11.5 Å². The fourth-order valence-electron chi connectivity index (χ4n) is 2.20. The van der Waals surface area contributed by atoms with Gasteiger partial charge in [0, 0.05) is 0 Å². The van der Waals surface area contributed by atoms with Gasteiger partial charge in [0.2, 0.25) is 0 Å². The fourth-order valence-corrected chi connectivity index (χ4v) is 2.20. The Labute approximate surface area is 101 Å². The number of hydrogen-bond donors (Lipinski definition) is 1. The molecule has 0 atom stereocenters. The Morgan fingerprint density at radius 2 is 2.24 bits per heavy atom. The third kappa shape index (κ3) is 2.67. The number of rotatable bonds is 4. The van der Waals surface area contributed by atoms with Crippen LogP contribution >= 0.6 is 0 Å². The van der Waals surface area contributed by atoms with Crippen molar-refractivity contribution in [2.45, 2.75) is 32.1 Å². The smallest absolute Gasteiger partial charge is 0.338 e. The van der Waals surface area contributed by atoms with Crippen LogP contribution in [0.5, 0.6) is 0 Å². The predicted octanol–water partition coefficient (Wildman–Crippen LogP) is 2.41. The zero-order valence-electron chi connectivity index (χ0n) is 10.1. The van der Waals surface area contributed by atoms with Crippen LogP contribution in [0.2, 0.25) is 0 Å². The van der Waals surface area contributed by atoms with Gasteiger partial charge in [-0.25, -0.2) is 4.79 Å². The molecule has 1 aromatic rings. The van der Waals surface area contributed by atoms with Gasteiger partial charge < -0.3 is 9.84 Å². The molecule has 0 aromatic heterocycles. The second kappa shape index (κ2) is 5.32. The lowest BCUT2D eigenvalue weighted by atomic mass is 9.78. The molecule has 0 amide bonds. The number of aliphatic hydroxyl groups excluding tert-OH is 1. The van der Waals surface area contributed by atoms with E-state index in [2.05, 4.69) is 0 Å². The van der Waals surface area contributed by atoms with Crippen LogP contribution in [-0.2, 0) is 4.74 Å². The Bertz CT molecular complexity index is 408. The van der Waals surface area contributed by atoms with E-state index >= 15 is 0 Å². The minimum Gasteiger partial charge on any atom is -0.460 e. The van der Waals surface area contributed by atoms with Crippen LogP contribution in [0, 0.1) is 6.92 Å². The first kappa shape index (κ1) is 12.1. The SMILES string of the molecule is Cc1cc(C(=O)OCCO)ccc1C1CCC1. The van der Waals surface area contributed by atoms with E-state index in [1.165, 1.54) is 24.8 Å².